The van der Waals surface area contributed by atoms with Crippen LogP contribution in [0.25, 0.3) is 0 Å². The van der Waals surface area contributed by atoms with Gasteiger partial charge in [-0.3, -0.25) is 0 Å². The second-order valence-corrected chi connectivity index (χ2v) is 10.8. The Morgan fingerprint density at radius 3 is 1.71 bits per heavy atom. The first kappa shape index (κ1) is 23.9. The van der Waals surface area contributed by atoms with Crippen LogP contribution in [0.15, 0.2) is 114 Å². The first-order valence-corrected chi connectivity index (χ1v) is 13.2. The van der Waals surface area contributed by atoms with Gasteiger partial charge in [-0.2, -0.15) is 0 Å². The molecule has 1 atom stereocenters. The summed E-state index contributed by atoms with van der Waals surface area (Å²) in [5, 5.41) is 3.40. The molecule has 0 spiro atoms. The van der Waals surface area contributed by atoms with Crippen molar-refractivity contribution in [1.29, 1.82) is 0 Å². The molecule has 0 fully saturated rings. The van der Waals surface area contributed by atoms with Gasteiger partial charge in [-0.15, -0.1) is 0 Å². The van der Waals surface area contributed by atoms with Gasteiger partial charge in [-0.1, -0.05) is 64.5 Å². The zero-order valence-electron chi connectivity index (χ0n) is 19.0. The summed E-state index contributed by atoms with van der Waals surface area (Å²) in [5.74, 6) is 0.161. The number of nitrogens with zero attached hydrogens (tertiary/aromatic N) is 1. The Morgan fingerprint density at radius 1 is 0.735 bits per heavy atom. The van der Waals surface area contributed by atoms with Crippen LogP contribution in [0, 0.1) is 0 Å². The van der Waals surface area contributed by atoms with E-state index in [9.17, 15) is 4.57 Å². The van der Waals surface area contributed by atoms with Gasteiger partial charge in [0.1, 0.15) is 11.5 Å². The lowest BCUT2D eigenvalue weighted by Gasteiger charge is -2.29. The summed E-state index contributed by atoms with van der Waals surface area (Å²) < 4.78 is 27.9. The number of nitrogens with one attached hydrogen (secondary N) is 1. The van der Waals surface area contributed by atoms with Crippen LogP contribution in [0.4, 0.5) is 11.4 Å². The van der Waals surface area contributed by atoms with Crippen molar-refractivity contribution in [3.63, 3.8) is 0 Å². The summed E-state index contributed by atoms with van der Waals surface area (Å²) in [6.45, 7) is 0. The number of halogens is 1. The average molecular weight is 537 g/mol. The number of rotatable bonds is 9. The summed E-state index contributed by atoms with van der Waals surface area (Å²) in [4.78, 5) is 2.02. The molecule has 0 bridgehead atoms. The summed E-state index contributed by atoms with van der Waals surface area (Å²) in [7, 11) is 0.114. The molecule has 0 unspecified atom stereocenters. The van der Waals surface area contributed by atoms with E-state index in [2.05, 4.69) is 21.2 Å². The molecule has 0 aliphatic heterocycles. The minimum Gasteiger partial charge on any atom is -0.414 e. The molecule has 7 heteroatoms. The van der Waals surface area contributed by atoms with Gasteiger partial charge in [-0.25, -0.2) is 4.57 Å². The quantitative estimate of drug-likeness (QED) is 0.220. The van der Waals surface area contributed by atoms with Crippen molar-refractivity contribution in [3.05, 3.63) is 119 Å². The highest BCUT2D eigenvalue weighted by molar-refractivity contribution is 9.10. The fraction of sp³-hybridized carbons (Fsp3) is 0.111. The van der Waals surface area contributed by atoms with Crippen LogP contribution in [0.3, 0.4) is 0 Å². The molecular weight excluding hydrogens is 511 g/mol. The van der Waals surface area contributed by atoms with E-state index in [-0.39, 0.29) is 0 Å². The maximum absolute atomic E-state index is 14.6. The zero-order valence-corrected chi connectivity index (χ0v) is 21.4. The van der Waals surface area contributed by atoms with Crippen molar-refractivity contribution in [1.82, 2.24) is 0 Å². The molecular formula is C27H26BrN2O3P. The Bertz CT molecular complexity index is 1190. The van der Waals surface area contributed by atoms with Gasteiger partial charge in [0.05, 0.1) is 0 Å². The molecule has 0 aliphatic rings. The highest BCUT2D eigenvalue weighted by atomic mass is 79.9. The van der Waals surface area contributed by atoms with Crippen molar-refractivity contribution in [2.45, 2.75) is 5.78 Å². The molecule has 0 radical (unpaired) electrons. The Balaban J connectivity index is 1.79. The average Bonchev–Trinajstić information content (AvgIpc) is 2.85. The summed E-state index contributed by atoms with van der Waals surface area (Å²) in [5.41, 5.74) is 2.61. The summed E-state index contributed by atoms with van der Waals surface area (Å²) >= 11 is 3.47. The largest absolute Gasteiger partial charge is 0.457 e. The monoisotopic (exact) mass is 536 g/mol. The van der Waals surface area contributed by atoms with Gasteiger partial charge < -0.3 is 19.3 Å². The van der Waals surface area contributed by atoms with Gasteiger partial charge in [-0.05, 0) is 66.2 Å². The molecule has 1 N–H and O–H groups in total. The van der Waals surface area contributed by atoms with Gasteiger partial charge in [0.25, 0.3) is 0 Å². The predicted octanol–water partition coefficient (Wildman–Crippen LogP) is 7.98. The highest BCUT2D eigenvalue weighted by Crippen LogP contribution is 2.60. The van der Waals surface area contributed by atoms with E-state index < -0.39 is 13.4 Å². The van der Waals surface area contributed by atoms with Crippen LogP contribution < -0.4 is 19.3 Å². The molecule has 34 heavy (non-hydrogen) atoms. The number of hydrogen-bond donors (Lipinski definition) is 1. The van der Waals surface area contributed by atoms with Crippen LogP contribution >= 0.6 is 23.5 Å². The van der Waals surface area contributed by atoms with Crippen LogP contribution in [0.1, 0.15) is 11.3 Å². The molecule has 4 rings (SSSR count). The van der Waals surface area contributed by atoms with E-state index >= 15 is 0 Å². The van der Waals surface area contributed by atoms with Crippen molar-refractivity contribution >= 4 is 34.9 Å². The third-order valence-electron chi connectivity index (χ3n) is 5.14. The number of benzene rings is 4. The third kappa shape index (κ3) is 6.02. The predicted molar refractivity (Wildman–Crippen MR) is 143 cm³/mol. The molecule has 0 saturated carbocycles. The summed E-state index contributed by atoms with van der Waals surface area (Å²) in [6, 6.07) is 33.8. The van der Waals surface area contributed by atoms with E-state index in [4.69, 9.17) is 9.05 Å². The minimum absolute atomic E-state index is 0.467. The van der Waals surface area contributed by atoms with Crippen LogP contribution in [-0.2, 0) is 4.57 Å². The fourth-order valence-corrected chi connectivity index (χ4v) is 5.57. The van der Waals surface area contributed by atoms with E-state index in [1.165, 1.54) is 0 Å². The highest BCUT2D eigenvalue weighted by Gasteiger charge is 2.41. The van der Waals surface area contributed by atoms with E-state index in [0.717, 1.165) is 21.4 Å². The zero-order chi connectivity index (χ0) is 24.0. The molecule has 4 aromatic rings. The van der Waals surface area contributed by atoms with Crippen molar-refractivity contribution < 1.29 is 13.6 Å². The smallest absolute Gasteiger partial charge is 0.414 e. The molecule has 5 nitrogen and oxygen atoms in total. The van der Waals surface area contributed by atoms with E-state index in [1.54, 1.807) is 24.3 Å². The summed E-state index contributed by atoms with van der Waals surface area (Å²) in [6.07, 6.45) is 0. The molecule has 0 aromatic heterocycles. The second kappa shape index (κ2) is 10.8. The van der Waals surface area contributed by atoms with E-state index in [1.807, 2.05) is 104 Å². The molecule has 174 valence electrons. The standard InChI is InChI=1S/C27H26BrN2O3P/c1-30(2)24-19-13-21(14-20-24)27(29-23-17-15-22(28)16-18-23)34(31,32-25-9-5-3-6-10-25)33-26-11-7-4-8-12-26/h3-20,27,29H,1-2H3/t27-/m1/s1. The molecule has 0 saturated heterocycles. The van der Waals surface area contributed by atoms with Crippen LogP contribution in [-0.4, -0.2) is 14.1 Å². The topological polar surface area (TPSA) is 50.8 Å². The number of hydrogen-bond acceptors (Lipinski definition) is 5. The second-order valence-electron chi connectivity index (χ2n) is 7.89. The Morgan fingerprint density at radius 2 is 1.24 bits per heavy atom. The Hall–Kier alpha value is -3.21. The normalized spacial score (nSPS) is 12.0. The molecule has 0 amide bonds. The van der Waals surface area contributed by atoms with Gasteiger partial charge in [0, 0.05) is 29.9 Å². The molecule has 4 aromatic carbocycles. The maximum atomic E-state index is 14.6. The number of para-hydroxylation sites is 2. The van der Waals surface area contributed by atoms with Crippen LogP contribution in [0.2, 0.25) is 0 Å². The fourth-order valence-electron chi connectivity index (χ4n) is 3.38. The SMILES string of the molecule is CN(C)c1ccc([C@H](Nc2ccc(Br)cc2)P(=O)(Oc2ccccc2)Oc2ccccc2)cc1. The van der Waals surface area contributed by atoms with Gasteiger partial charge >= 0.3 is 7.60 Å². The lowest BCUT2D eigenvalue weighted by Crippen LogP contribution is -2.18. The first-order valence-electron chi connectivity index (χ1n) is 10.8. The van der Waals surface area contributed by atoms with Crippen molar-refractivity contribution in [2.75, 3.05) is 24.3 Å². The molecule has 0 aliphatic carbocycles. The van der Waals surface area contributed by atoms with Crippen LogP contribution in [0.5, 0.6) is 11.5 Å². The Labute approximate surface area is 209 Å². The van der Waals surface area contributed by atoms with Gasteiger partial charge in [0.2, 0.25) is 0 Å². The first-order chi connectivity index (χ1) is 16.4. The van der Waals surface area contributed by atoms with Crippen molar-refractivity contribution in [3.8, 4) is 11.5 Å². The lowest BCUT2D eigenvalue weighted by atomic mass is 10.2. The lowest BCUT2D eigenvalue weighted by molar-refractivity contribution is 0.376. The van der Waals surface area contributed by atoms with E-state index in [0.29, 0.717) is 11.5 Å². The van der Waals surface area contributed by atoms with Gasteiger partial charge in [0.15, 0.2) is 5.78 Å². The number of anilines is 2. The molecule has 0 heterocycles. The third-order valence-corrected chi connectivity index (χ3v) is 7.66. The Kier molecular flexibility index (Phi) is 7.61. The van der Waals surface area contributed by atoms with Crippen molar-refractivity contribution in [2.24, 2.45) is 0 Å². The minimum atomic E-state index is -3.85. The maximum Gasteiger partial charge on any atom is 0.457 e.